The van der Waals surface area contributed by atoms with Crippen LogP contribution >= 0.6 is 0 Å². The molecular weight excluding hydrogens is 588 g/mol. The molecule has 2 unspecified atom stereocenters. The molecule has 3 aromatic carbocycles. The van der Waals surface area contributed by atoms with Crippen molar-refractivity contribution < 1.29 is 23.2 Å². The molecule has 4 aliphatic heterocycles. The minimum Gasteiger partial charge on any atom is -0.322 e. The monoisotopic (exact) mass is 627 g/mol. The number of benzene rings is 3. The zero-order valence-electron chi connectivity index (χ0n) is 25.8. The molecular formula is C36H39F2N5O3. The number of halogens is 2. The average molecular weight is 628 g/mol. The Kier molecular flexibility index (Phi) is 8.44. The summed E-state index contributed by atoms with van der Waals surface area (Å²) in [6.07, 6.45) is 0.833. The molecule has 0 radical (unpaired) electrons. The van der Waals surface area contributed by atoms with Crippen molar-refractivity contribution in [1.29, 1.82) is 0 Å². The number of fused-ring (bicyclic) bond motifs is 1. The van der Waals surface area contributed by atoms with Crippen LogP contribution in [0.25, 0.3) is 0 Å². The van der Waals surface area contributed by atoms with Crippen molar-refractivity contribution >= 4 is 17.7 Å². The highest BCUT2D eigenvalue weighted by molar-refractivity contribution is 6.05. The first-order valence-electron chi connectivity index (χ1n) is 16.2. The molecule has 10 heteroatoms. The van der Waals surface area contributed by atoms with Crippen LogP contribution in [0.3, 0.4) is 0 Å². The number of nitrogens with one attached hydrogen (secondary N) is 1. The summed E-state index contributed by atoms with van der Waals surface area (Å²) in [6.45, 7) is 3.32. The Hall–Kier alpha value is -3.99. The van der Waals surface area contributed by atoms with Crippen LogP contribution in [0.2, 0.25) is 0 Å². The fourth-order valence-corrected chi connectivity index (χ4v) is 7.81. The summed E-state index contributed by atoms with van der Waals surface area (Å²) in [4.78, 5) is 45.0. The lowest BCUT2D eigenvalue weighted by Crippen LogP contribution is -2.61. The Balaban J connectivity index is 0.992. The number of imide groups is 1. The highest BCUT2D eigenvalue weighted by atomic mass is 19.3. The van der Waals surface area contributed by atoms with E-state index in [9.17, 15) is 14.4 Å². The molecule has 0 aliphatic carbocycles. The fraction of sp³-hybridized carbons (Fsp3) is 0.417. The van der Waals surface area contributed by atoms with E-state index in [1.54, 1.807) is 17.0 Å². The van der Waals surface area contributed by atoms with Gasteiger partial charge in [0.2, 0.25) is 11.8 Å². The topological polar surface area (TPSA) is 76.2 Å². The van der Waals surface area contributed by atoms with Crippen LogP contribution < -0.4 is 5.32 Å². The summed E-state index contributed by atoms with van der Waals surface area (Å²) in [5.41, 5.74) is 4.53. The van der Waals surface area contributed by atoms with Crippen molar-refractivity contribution in [3.8, 4) is 0 Å². The predicted molar refractivity (Wildman–Crippen MR) is 169 cm³/mol. The van der Waals surface area contributed by atoms with Crippen LogP contribution in [0.5, 0.6) is 0 Å². The van der Waals surface area contributed by atoms with E-state index in [1.165, 1.54) is 16.0 Å². The van der Waals surface area contributed by atoms with Gasteiger partial charge in [-0.1, -0.05) is 72.8 Å². The molecule has 240 valence electrons. The number of carbonyl (C=O) groups is 3. The van der Waals surface area contributed by atoms with E-state index in [-0.39, 0.29) is 43.8 Å². The van der Waals surface area contributed by atoms with Gasteiger partial charge in [-0.3, -0.25) is 34.4 Å². The minimum atomic E-state index is -2.88. The Morgan fingerprint density at radius 2 is 1.48 bits per heavy atom. The average Bonchev–Trinajstić information content (AvgIpc) is 3.39. The summed E-state index contributed by atoms with van der Waals surface area (Å²) in [6, 6.07) is 24.7. The van der Waals surface area contributed by atoms with Crippen molar-refractivity contribution in [3.63, 3.8) is 0 Å². The van der Waals surface area contributed by atoms with Crippen molar-refractivity contribution in [2.75, 3.05) is 39.3 Å². The standard InChI is InChI=1S/C36H39F2N5O3/c37-36(38)24-40(22-27-12-7-13-28-29(27)23-43(35(28)46)30-14-15-32(44)39-34(30)45)17-16-31(36)41-18-20-42(21-19-41)33(25-8-3-1-4-9-25)26-10-5-2-6-11-26/h1-13,30-31,33H,14-24H2,(H,39,44,45). The van der Waals surface area contributed by atoms with Crippen LogP contribution in [-0.4, -0.2) is 94.6 Å². The lowest BCUT2D eigenvalue weighted by molar-refractivity contribution is -0.137. The molecule has 4 heterocycles. The number of piperidine rings is 2. The zero-order valence-corrected chi connectivity index (χ0v) is 25.8. The molecule has 7 rings (SSSR count). The van der Waals surface area contributed by atoms with Gasteiger partial charge in [0.25, 0.3) is 11.8 Å². The van der Waals surface area contributed by atoms with Gasteiger partial charge in [0.15, 0.2) is 0 Å². The summed E-state index contributed by atoms with van der Waals surface area (Å²) in [5.74, 6) is -3.93. The van der Waals surface area contributed by atoms with Crippen molar-refractivity contribution in [1.82, 2.24) is 24.9 Å². The van der Waals surface area contributed by atoms with E-state index >= 15 is 8.78 Å². The van der Waals surface area contributed by atoms with Crippen molar-refractivity contribution in [3.05, 3.63) is 107 Å². The molecule has 0 saturated carbocycles. The lowest BCUT2D eigenvalue weighted by Gasteiger charge is -2.47. The number of hydrogen-bond acceptors (Lipinski definition) is 6. The lowest BCUT2D eigenvalue weighted by atomic mass is 9.94. The Morgan fingerprint density at radius 1 is 0.804 bits per heavy atom. The van der Waals surface area contributed by atoms with Crippen LogP contribution in [-0.2, 0) is 22.7 Å². The fourth-order valence-electron chi connectivity index (χ4n) is 7.81. The number of rotatable bonds is 7. The number of carbonyl (C=O) groups excluding carboxylic acids is 3. The summed E-state index contributed by atoms with van der Waals surface area (Å²) >= 11 is 0. The van der Waals surface area contributed by atoms with Crippen LogP contribution in [0, 0.1) is 0 Å². The van der Waals surface area contributed by atoms with E-state index in [1.807, 2.05) is 47.4 Å². The normalized spacial score (nSPS) is 24.3. The molecule has 3 fully saturated rings. The van der Waals surface area contributed by atoms with E-state index in [4.69, 9.17) is 0 Å². The molecule has 3 aromatic rings. The second kappa shape index (κ2) is 12.7. The molecule has 0 bridgehead atoms. The second-order valence-electron chi connectivity index (χ2n) is 12.9. The maximum atomic E-state index is 15.9. The highest BCUT2D eigenvalue weighted by Gasteiger charge is 2.48. The number of piperazine rings is 1. The number of amides is 3. The quantitative estimate of drug-likeness (QED) is 0.399. The second-order valence-corrected chi connectivity index (χ2v) is 12.9. The van der Waals surface area contributed by atoms with Gasteiger partial charge in [-0.25, -0.2) is 8.78 Å². The molecule has 0 spiro atoms. The number of hydrogen-bond donors (Lipinski definition) is 1. The maximum absolute atomic E-state index is 15.9. The highest BCUT2D eigenvalue weighted by Crippen LogP contribution is 2.36. The van der Waals surface area contributed by atoms with E-state index < -0.39 is 23.9 Å². The molecule has 3 amide bonds. The molecule has 1 N–H and O–H groups in total. The Bertz CT molecular complexity index is 1560. The number of nitrogens with zero attached hydrogens (tertiary/aromatic N) is 4. The van der Waals surface area contributed by atoms with Gasteiger partial charge in [-0.05, 0) is 41.2 Å². The third kappa shape index (κ3) is 5.97. The van der Waals surface area contributed by atoms with Gasteiger partial charge in [0.05, 0.1) is 18.6 Å². The molecule has 8 nitrogen and oxygen atoms in total. The van der Waals surface area contributed by atoms with E-state index in [0.29, 0.717) is 51.3 Å². The van der Waals surface area contributed by atoms with Gasteiger partial charge in [0, 0.05) is 57.8 Å². The zero-order chi connectivity index (χ0) is 31.8. The number of alkyl halides is 2. The van der Waals surface area contributed by atoms with Crippen molar-refractivity contribution in [2.45, 2.75) is 56.4 Å². The summed E-state index contributed by atoms with van der Waals surface area (Å²) in [5, 5.41) is 2.33. The van der Waals surface area contributed by atoms with Crippen LogP contribution in [0.1, 0.15) is 57.9 Å². The van der Waals surface area contributed by atoms with Crippen LogP contribution in [0.15, 0.2) is 78.9 Å². The molecule has 46 heavy (non-hydrogen) atoms. The minimum absolute atomic E-state index is 0.0808. The Morgan fingerprint density at radius 3 is 2.11 bits per heavy atom. The van der Waals surface area contributed by atoms with Gasteiger partial charge < -0.3 is 4.90 Å². The van der Waals surface area contributed by atoms with E-state index in [0.717, 1.165) is 11.1 Å². The smallest absolute Gasteiger partial charge is 0.275 e. The van der Waals surface area contributed by atoms with Gasteiger partial charge in [0.1, 0.15) is 6.04 Å². The molecule has 2 atom stereocenters. The third-order valence-electron chi connectivity index (χ3n) is 10.1. The SMILES string of the molecule is O=C1CCC(N2Cc3c(CN4CCC(N5CCN(C(c6ccccc6)c6ccccc6)CC5)C(F)(F)C4)cccc3C2=O)C(=O)N1. The Labute approximate surface area is 267 Å². The third-order valence-corrected chi connectivity index (χ3v) is 10.1. The predicted octanol–water partition coefficient (Wildman–Crippen LogP) is 4.06. The molecule has 4 aliphatic rings. The largest absolute Gasteiger partial charge is 0.322 e. The van der Waals surface area contributed by atoms with Gasteiger partial charge in [-0.2, -0.15) is 0 Å². The molecule has 0 aromatic heterocycles. The first kappa shape index (κ1) is 30.7. The number of likely N-dealkylation sites (tertiary alicyclic amines) is 1. The summed E-state index contributed by atoms with van der Waals surface area (Å²) in [7, 11) is 0. The van der Waals surface area contributed by atoms with E-state index in [2.05, 4.69) is 34.5 Å². The summed E-state index contributed by atoms with van der Waals surface area (Å²) < 4.78 is 31.8. The first-order chi connectivity index (χ1) is 22.3. The van der Waals surface area contributed by atoms with Gasteiger partial charge in [-0.15, -0.1) is 0 Å². The van der Waals surface area contributed by atoms with Crippen LogP contribution in [0.4, 0.5) is 8.78 Å². The first-order valence-corrected chi connectivity index (χ1v) is 16.2. The molecule has 3 saturated heterocycles. The van der Waals surface area contributed by atoms with Crippen molar-refractivity contribution in [2.24, 2.45) is 0 Å². The van der Waals surface area contributed by atoms with Gasteiger partial charge >= 0.3 is 0 Å². The maximum Gasteiger partial charge on any atom is 0.275 e.